The Morgan fingerprint density at radius 2 is 1.72 bits per heavy atom. The normalized spacial score (nSPS) is 17.7. The molecule has 39 heavy (non-hydrogen) atoms. The third-order valence-electron chi connectivity index (χ3n) is 6.85. The van der Waals surface area contributed by atoms with Crippen molar-refractivity contribution in [2.45, 2.75) is 12.2 Å². The van der Waals surface area contributed by atoms with Crippen LogP contribution >= 0.6 is 11.6 Å². The highest BCUT2D eigenvalue weighted by molar-refractivity contribution is 6.31. The van der Waals surface area contributed by atoms with Crippen LogP contribution in [0.5, 0.6) is 0 Å². The summed E-state index contributed by atoms with van der Waals surface area (Å²) >= 11 is 6.32. The Balaban J connectivity index is 1.61. The monoisotopic (exact) mass is 564 g/mol. The van der Waals surface area contributed by atoms with Gasteiger partial charge in [0.1, 0.15) is 11.6 Å². The second-order valence-electron chi connectivity index (χ2n) is 9.50. The molecular formula is C27H22ClF5N4O2. The van der Waals surface area contributed by atoms with Gasteiger partial charge in [-0.1, -0.05) is 11.6 Å². The minimum atomic E-state index is -4.87. The number of rotatable bonds is 4. The zero-order valence-electron chi connectivity index (χ0n) is 20.5. The lowest BCUT2D eigenvalue weighted by atomic mass is 9.95. The van der Waals surface area contributed by atoms with E-state index >= 15 is 0 Å². The minimum Gasteiger partial charge on any atom is -0.369 e. The SMILES string of the molecule is CN1CCN(c2cc(NC(=O)c3cc(F)cc(C(F)(F)F)c3)c3c(c2)C(=O)NC3c2cc(F)ccc2Cl)CC1. The number of likely N-dealkylation sites (N-methyl/N-ethyl adjacent to an activating group) is 1. The van der Waals surface area contributed by atoms with E-state index in [0.29, 0.717) is 37.0 Å². The maximum atomic E-state index is 14.1. The van der Waals surface area contributed by atoms with Gasteiger partial charge >= 0.3 is 6.18 Å². The van der Waals surface area contributed by atoms with Crippen LogP contribution in [0.3, 0.4) is 0 Å². The number of nitrogens with one attached hydrogen (secondary N) is 2. The predicted octanol–water partition coefficient (Wildman–Crippen LogP) is 5.47. The van der Waals surface area contributed by atoms with Gasteiger partial charge in [0.2, 0.25) is 0 Å². The number of benzene rings is 3. The Kier molecular flexibility index (Phi) is 6.98. The summed E-state index contributed by atoms with van der Waals surface area (Å²) in [6.07, 6.45) is -4.87. The maximum absolute atomic E-state index is 14.1. The second-order valence-corrected chi connectivity index (χ2v) is 9.90. The standard InChI is InChI=1S/C27H22ClF5N4O2/c1-36-4-6-37(7-5-36)18-12-20-23(24(35-26(20)39)19-11-16(29)2-3-21(19)28)22(13-18)34-25(38)14-8-15(27(31,32)33)10-17(30)9-14/h2-3,8-13,24H,4-7H2,1H3,(H,34,38)(H,35,39). The van der Waals surface area contributed by atoms with Gasteiger partial charge in [-0.25, -0.2) is 8.78 Å². The smallest absolute Gasteiger partial charge is 0.369 e. The Morgan fingerprint density at radius 1 is 1.00 bits per heavy atom. The molecule has 1 saturated heterocycles. The van der Waals surface area contributed by atoms with Crippen LogP contribution in [0.15, 0.2) is 48.5 Å². The molecule has 0 spiro atoms. The third kappa shape index (κ3) is 5.41. The molecule has 12 heteroatoms. The maximum Gasteiger partial charge on any atom is 0.416 e. The highest BCUT2D eigenvalue weighted by atomic mass is 35.5. The first-order valence-corrected chi connectivity index (χ1v) is 12.3. The van der Waals surface area contributed by atoms with Crippen molar-refractivity contribution < 1.29 is 31.5 Å². The van der Waals surface area contributed by atoms with Gasteiger partial charge in [0.25, 0.3) is 11.8 Å². The molecular weight excluding hydrogens is 543 g/mol. The topological polar surface area (TPSA) is 64.7 Å². The van der Waals surface area contributed by atoms with Gasteiger partial charge in [-0.2, -0.15) is 13.2 Å². The van der Waals surface area contributed by atoms with Crippen LogP contribution in [0, 0.1) is 11.6 Å². The minimum absolute atomic E-state index is 0.105. The summed E-state index contributed by atoms with van der Waals surface area (Å²) in [5.41, 5.74) is -0.462. The van der Waals surface area contributed by atoms with Crippen molar-refractivity contribution in [1.82, 2.24) is 10.2 Å². The number of carbonyl (C=O) groups is 2. The van der Waals surface area contributed by atoms with Crippen molar-refractivity contribution in [1.29, 1.82) is 0 Å². The summed E-state index contributed by atoms with van der Waals surface area (Å²) in [6.45, 7) is 2.75. The first kappa shape index (κ1) is 26.9. The van der Waals surface area contributed by atoms with E-state index in [0.717, 1.165) is 25.2 Å². The summed E-state index contributed by atoms with van der Waals surface area (Å²) < 4.78 is 68.0. The van der Waals surface area contributed by atoms with Crippen molar-refractivity contribution >= 4 is 34.8 Å². The van der Waals surface area contributed by atoms with Crippen molar-refractivity contribution in [3.63, 3.8) is 0 Å². The van der Waals surface area contributed by atoms with E-state index in [1.807, 2.05) is 11.9 Å². The van der Waals surface area contributed by atoms with E-state index in [-0.39, 0.29) is 27.4 Å². The van der Waals surface area contributed by atoms with Crippen LogP contribution in [0.4, 0.5) is 33.3 Å². The van der Waals surface area contributed by atoms with Crippen LogP contribution in [0.2, 0.25) is 5.02 Å². The molecule has 0 aliphatic carbocycles. The largest absolute Gasteiger partial charge is 0.416 e. The summed E-state index contributed by atoms with van der Waals surface area (Å²) in [5, 5.41) is 5.49. The molecule has 0 saturated carbocycles. The van der Waals surface area contributed by atoms with E-state index in [9.17, 15) is 31.5 Å². The van der Waals surface area contributed by atoms with E-state index in [2.05, 4.69) is 15.5 Å². The molecule has 2 aliphatic rings. The van der Waals surface area contributed by atoms with Crippen molar-refractivity contribution in [2.75, 3.05) is 43.4 Å². The van der Waals surface area contributed by atoms with E-state index in [4.69, 9.17) is 11.6 Å². The highest BCUT2D eigenvalue weighted by Gasteiger charge is 2.36. The molecule has 3 aromatic rings. The van der Waals surface area contributed by atoms with E-state index in [1.165, 1.54) is 6.07 Å². The lowest BCUT2D eigenvalue weighted by Crippen LogP contribution is -2.44. The van der Waals surface area contributed by atoms with E-state index in [1.54, 1.807) is 12.1 Å². The third-order valence-corrected chi connectivity index (χ3v) is 7.19. The molecule has 1 fully saturated rings. The molecule has 1 unspecified atom stereocenters. The van der Waals surface area contributed by atoms with Gasteiger partial charge in [0, 0.05) is 64.8 Å². The molecule has 5 rings (SSSR count). The lowest BCUT2D eigenvalue weighted by Gasteiger charge is -2.34. The molecule has 0 radical (unpaired) electrons. The molecule has 2 amide bonds. The van der Waals surface area contributed by atoms with Gasteiger partial charge in [-0.15, -0.1) is 0 Å². The molecule has 1 atom stereocenters. The fourth-order valence-electron chi connectivity index (χ4n) is 4.82. The number of fused-ring (bicyclic) bond motifs is 1. The average Bonchev–Trinajstić information content (AvgIpc) is 3.21. The van der Waals surface area contributed by atoms with Crippen LogP contribution in [-0.2, 0) is 6.18 Å². The second kappa shape index (κ2) is 10.1. The molecule has 6 nitrogen and oxygen atoms in total. The van der Waals surface area contributed by atoms with Crippen LogP contribution in [-0.4, -0.2) is 49.9 Å². The summed E-state index contributed by atoms with van der Waals surface area (Å²) in [6, 6.07) is 7.49. The fraction of sp³-hybridized carbons (Fsp3) is 0.259. The summed E-state index contributed by atoms with van der Waals surface area (Å²) in [5.74, 6) is -3.34. The Morgan fingerprint density at radius 3 is 2.41 bits per heavy atom. The molecule has 0 aromatic heterocycles. The summed E-state index contributed by atoms with van der Waals surface area (Å²) in [4.78, 5) is 30.4. The Hall–Kier alpha value is -3.70. The number of hydrogen-bond acceptors (Lipinski definition) is 4. The molecule has 2 aliphatic heterocycles. The average molecular weight is 565 g/mol. The number of hydrogen-bond donors (Lipinski definition) is 2. The van der Waals surface area contributed by atoms with Gasteiger partial charge < -0.3 is 20.4 Å². The van der Waals surface area contributed by atoms with Gasteiger partial charge in [0.15, 0.2) is 0 Å². The van der Waals surface area contributed by atoms with Crippen molar-refractivity contribution in [3.8, 4) is 0 Å². The number of amides is 2. The molecule has 2 heterocycles. The quantitative estimate of drug-likeness (QED) is 0.412. The van der Waals surface area contributed by atoms with E-state index < -0.39 is 46.8 Å². The number of nitrogens with zero attached hydrogens (tertiary/aromatic N) is 2. The Bertz CT molecular complexity index is 1470. The predicted molar refractivity (Wildman–Crippen MR) is 136 cm³/mol. The van der Waals surface area contributed by atoms with Crippen molar-refractivity contribution in [3.05, 3.63) is 93.0 Å². The van der Waals surface area contributed by atoms with Gasteiger partial charge in [-0.3, -0.25) is 9.59 Å². The molecule has 3 aromatic carbocycles. The highest BCUT2D eigenvalue weighted by Crippen LogP contribution is 2.42. The van der Waals surface area contributed by atoms with Crippen LogP contribution in [0.1, 0.15) is 43.4 Å². The first-order chi connectivity index (χ1) is 18.4. The number of piperazine rings is 1. The molecule has 204 valence electrons. The zero-order valence-corrected chi connectivity index (χ0v) is 21.3. The fourth-order valence-corrected chi connectivity index (χ4v) is 5.04. The number of carbonyl (C=O) groups excluding carboxylic acids is 2. The first-order valence-electron chi connectivity index (χ1n) is 12.0. The van der Waals surface area contributed by atoms with Gasteiger partial charge in [0.05, 0.1) is 11.6 Å². The van der Waals surface area contributed by atoms with Crippen molar-refractivity contribution in [2.24, 2.45) is 0 Å². The lowest BCUT2D eigenvalue weighted by molar-refractivity contribution is -0.137. The number of anilines is 2. The summed E-state index contributed by atoms with van der Waals surface area (Å²) in [7, 11) is 1.97. The van der Waals surface area contributed by atoms with Crippen LogP contribution in [0.25, 0.3) is 0 Å². The molecule has 2 N–H and O–H groups in total. The zero-order chi connectivity index (χ0) is 28.1. The Labute approximate surface area is 225 Å². The van der Waals surface area contributed by atoms with Crippen LogP contribution < -0.4 is 15.5 Å². The number of halogens is 6. The van der Waals surface area contributed by atoms with Gasteiger partial charge in [-0.05, 0) is 55.6 Å². The number of alkyl halides is 3. The molecule has 0 bridgehead atoms.